The highest BCUT2D eigenvalue weighted by atomic mass is 32.2. The molecule has 1 atom stereocenters. The summed E-state index contributed by atoms with van der Waals surface area (Å²) in [6, 6.07) is -0.875. The fourth-order valence-electron chi connectivity index (χ4n) is 1.06. The largest absolute Gasteiger partial charge is 0.480 e. The maximum atomic E-state index is 11.4. The van der Waals surface area contributed by atoms with Gasteiger partial charge in [-0.25, -0.2) is 9.59 Å². The van der Waals surface area contributed by atoms with E-state index in [0.29, 0.717) is 6.42 Å². The van der Waals surface area contributed by atoms with Crippen LogP contribution in [-0.4, -0.2) is 47.1 Å². The molecule has 0 aromatic heterocycles. The number of aliphatic carboxylic acids is 1. The molecule has 0 bridgehead atoms. The van der Waals surface area contributed by atoms with Crippen LogP contribution >= 0.6 is 0 Å². The van der Waals surface area contributed by atoms with Crippen molar-refractivity contribution in [2.45, 2.75) is 38.8 Å². The molecule has 100 valence electrons. The predicted octanol–water partition coefficient (Wildman–Crippen LogP) is 1.23. The topological polar surface area (TPSA) is 75.6 Å². The van der Waals surface area contributed by atoms with E-state index in [1.165, 1.54) is 0 Å². The fraction of sp³-hybridized carbons (Fsp3) is 0.818. The molecule has 0 saturated carbocycles. The second-order valence-electron chi connectivity index (χ2n) is 5.02. The number of hydrogen-bond acceptors (Lipinski definition) is 3. The van der Waals surface area contributed by atoms with Crippen molar-refractivity contribution in [1.82, 2.24) is 5.32 Å². The van der Waals surface area contributed by atoms with Crippen LogP contribution in [0.2, 0.25) is 0 Å². The minimum atomic E-state index is -1.03. The molecule has 2 N–H and O–H groups in total. The first-order chi connectivity index (χ1) is 7.61. The molecule has 0 heterocycles. The Morgan fingerprint density at radius 2 is 1.88 bits per heavy atom. The number of hydrogen-bond donors (Lipinski definition) is 2. The summed E-state index contributed by atoms with van der Waals surface area (Å²) in [7, 11) is 0.158. The Morgan fingerprint density at radius 1 is 1.35 bits per heavy atom. The lowest BCUT2D eigenvalue weighted by Crippen LogP contribution is -2.44. The Labute approximate surface area is 105 Å². The van der Waals surface area contributed by atoms with Crippen molar-refractivity contribution in [2.24, 2.45) is 0 Å². The van der Waals surface area contributed by atoms with E-state index in [-0.39, 0.29) is 10.9 Å². The highest BCUT2D eigenvalue weighted by Crippen LogP contribution is 2.07. The molecule has 0 rings (SSSR count). The Hall–Kier alpha value is -0.910. The number of carbonyl (C=O) groups is 2. The van der Waals surface area contributed by atoms with Crippen molar-refractivity contribution in [3.63, 3.8) is 0 Å². The second kappa shape index (κ2) is 6.74. The number of ether oxygens (including phenoxy) is 1. The number of carboxylic acids is 1. The highest BCUT2D eigenvalue weighted by Gasteiger charge is 2.25. The van der Waals surface area contributed by atoms with Crippen molar-refractivity contribution in [2.75, 3.05) is 18.3 Å². The zero-order valence-electron chi connectivity index (χ0n) is 11.1. The van der Waals surface area contributed by atoms with Crippen LogP contribution in [0.15, 0.2) is 0 Å². The van der Waals surface area contributed by atoms with Gasteiger partial charge in [0.25, 0.3) is 0 Å². The van der Waals surface area contributed by atoms with Crippen molar-refractivity contribution in [3.8, 4) is 0 Å². The van der Waals surface area contributed by atoms with Crippen LogP contribution < -0.4 is 5.32 Å². The molecule has 0 aliphatic carbocycles. The Morgan fingerprint density at radius 3 is 2.24 bits per heavy atom. The second-order valence-corrected chi connectivity index (χ2v) is 7.39. The van der Waals surface area contributed by atoms with Gasteiger partial charge in [0, 0.05) is 6.42 Å². The average Bonchev–Trinajstić information content (AvgIpc) is 2.08. The van der Waals surface area contributed by atoms with E-state index in [9.17, 15) is 9.59 Å². The highest BCUT2D eigenvalue weighted by molar-refractivity contribution is 7.95. The van der Waals surface area contributed by atoms with Gasteiger partial charge < -0.3 is 15.2 Å². The zero-order valence-corrected chi connectivity index (χ0v) is 11.9. The normalized spacial score (nSPS) is 13.3. The lowest BCUT2D eigenvalue weighted by Gasteiger charge is -2.21. The average molecular weight is 264 g/mol. The number of carbonyl (C=O) groups excluding carboxylic acids is 1. The number of amides is 1. The third-order valence-corrected chi connectivity index (χ3v) is 2.86. The van der Waals surface area contributed by atoms with Gasteiger partial charge in [-0.1, -0.05) is 0 Å². The molecule has 0 spiro atoms. The van der Waals surface area contributed by atoms with Crippen molar-refractivity contribution >= 4 is 23.0 Å². The van der Waals surface area contributed by atoms with Gasteiger partial charge in [-0.15, -0.1) is 0 Å². The lowest BCUT2D eigenvalue weighted by atomic mass is 10.2. The van der Waals surface area contributed by atoms with Gasteiger partial charge in [0.15, 0.2) is 0 Å². The smallest absolute Gasteiger partial charge is 0.408 e. The first kappa shape index (κ1) is 16.1. The first-order valence-corrected chi connectivity index (χ1v) is 7.59. The maximum Gasteiger partial charge on any atom is 0.408 e. The summed E-state index contributed by atoms with van der Waals surface area (Å²) in [4.78, 5) is 22.4. The van der Waals surface area contributed by atoms with E-state index in [0.717, 1.165) is 5.75 Å². The van der Waals surface area contributed by atoms with Gasteiger partial charge in [0.2, 0.25) is 0 Å². The number of nitrogens with one attached hydrogen (secondary N) is 1. The molecular weight excluding hydrogens is 242 g/mol. The van der Waals surface area contributed by atoms with Gasteiger partial charge in [-0.2, -0.15) is 0 Å². The molecule has 0 unspecified atom stereocenters. The summed E-state index contributed by atoms with van der Waals surface area (Å²) in [5, 5.41) is 11.3. The monoisotopic (exact) mass is 264 g/mol. The number of alkyl carbamates (subject to hydrolysis) is 1. The van der Waals surface area contributed by atoms with Gasteiger partial charge in [-0.3, -0.25) is 0 Å². The van der Waals surface area contributed by atoms with Crippen LogP contribution in [0.4, 0.5) is 4.79 Å². The maximum absolute atomic E-state index is 11.4. The quantitative estimate of drug-likeness (QED) is 0.732. The van der Waals surface area contributed by atoms with Crippen molar-refractivity contribution in [1.29, 1.82) is 0 Å². The van der Waals surface area contributed by atoms with E-state index in [1.807, 2.05) is 12.5 Å². The van der Waals surface area contributed by atoms with Gasteiger partial charge in [-0.05, 0) is 31.7 Å². The lowest BCUT2D eigenvalue weighted by molar-refractivity contribution is -0.139. The van der Waals surface area contributed by atoms with E-state index in [4.69, 9.17) is 9.84 Å². The minimum Gasteiger partial charge on any atom is -0.480 e. The molecule has 0 fully saturated rings. The molecule has 6 heteroatoms. The van der Waals surface area contributed by atoms with Gasteiger partial charge in [0.1, 0.15) is 17.4 Å². The Balaban J connectivity index is 4.26. The van der Waals surface area contributed by atoms with Crippen molar-refractivity contribution in [3.05, 3.63) is 0 Å². The molecule has 0 aromatic rings. The summed E-state index contributed by atoms with van der Waals surface area (Å²) in [5.74, 6) is -0.256. The summed E-state index contributed by atoms with van der Waals surface area (Å²) >= 11 is 0. The summed E-state index contributed by atoms with van der Waals surface area (Å²) in [6.07, 6.45) is 3.81. The van der Waals surface area contributed by atoms with Crippen LogP contribution in [0.3, 0.4) is 0 Å². The van der Waals surface area contributed by atoms with Crippen LogP contribution in [0, 0.1) is 0 Å². The molecule has 0 aliphatic rings. The van der Waals surface area contributed by atoms with E-state index < -0.39 is 23.7 Å². The van der Waals surface area contributed by atoms with Crippen molar-refractivity contribution < 1.29 is 19.4 Å². The van der Waals surface area contributed by atoms with Crippen LogP contribution in [0.5, 0.6) is 0 Å². The summed E-state index contributed by atoms with van der Waals surface area (Å²) in [6.45, 7) is 5.20. The van der Waals surface area contributed by atoms with Gasteiger partial charge in [0.05, 0.1) is 12.5 Å². The van der Waals surface area contributed by atoms with E-state index >= 15 is 0 Å². The van der Waals surface area contributed by atoms with Crippen LogP contribution in [0.25, 0.3) is 0 Å². The molecule has 5 nitrogen and oxygen atoms in total. The fourth-order valence-corrected chi connectivity index (χ4v) is 1.77. The molecule has 0 saturated heterocycles. The number of rotatable bonds is 5. The Kier molecular flexibility index (Phi) is 6.37. The SMILES string of the molecule is C[S+](C)CC[C@H](NC(=O)OC(C)(C)C)C(=O)O. The summed E-state index contributed by atoms with van der Waals surface area (Å²) in [5.41, 5.74) is -0.618. The van der Waals surface area contributed by atoms with Gasteiger partial charge >= 0.3 is 12.1 Å². The van der Waals surface area contributed by atoms with E-state index in [2.05, 4.69) is 5.32 Å². The molecule has 0 radical (unpaired) electrons. The first-order valence-electron chi connectivity index (χ1n) is 5.38. The van der Waals surface area contributed by atoms with E-state index in [1.54, 1.807) is 20.8 Å². The predicted molar refractivity (Wildman–Crippen MR) is 69.5 cm³/mol. The van der Waals surface area contributed by atoms with Crippen LogP contribution in [0.1, 0.15) is 27.2 Å². The summed E-state index contributed by atoms with van der Waals surface area (Å²) < 4.78 is 5.01. The molecule has 17 heavy (non-hydrogen) atoms. The zero-order chi connectivity index (χ0) is 13.6. The third-order valence-electron chi connectivity index (χ3n) is 1.80. The number of carboxylic acid groups (broad SMARTS) is 1. The molecular formula is C11H22NO4S+. The van der Waals surface area contributed by atoms with Crippen LogP contribution in [-0.2, 0) is 20.4 Å². The molecule has 1 amide bonds. The standard InChI is InChI=1S/C11H21NO4S/c1-11(2,3)16-10(15)12-8(9(13)14)6-7-17(4)5/h8H,6-7H2,1-5H3,(H-,12,13,14,15)/p+1/t8-/m0/s1. The molecule has 0 aromatic carbocycles. The Bertz CT molecular complexity index is 273. The minimum absolute atomic E-state index is 0.158. The molecule has 0 aliphatic heterocycles. The third kappa shape index (κ3) is 8.85.